The minimum Gasteiger partial charge on any atom is -0.379 e. The van der Waals surface area contributed by atoms with Crippen LogP contribution in [0.3, 0.4) is 0 Å². The lowest BCUT2D eigenvalue weighted by molar-refractivity contribution is -0.870. The molecule has 62 heavy (non-hydrogen) atoms. The maximum Gasteiger partial charge on any atom is 0.472 e. The van der Waals surface area contributed by atoms with Crippen molar-refractivity contribution >= 4 is 7.82 Å². The van der Waals surface area contributed by atoms with Crippen molar-refractivity contribution in [1.82, 2.24) is 0 Å². The molecule has 0 saturated carbocycles. The summed E-state index contributed by atoms with van der Waals surface area (Å²) in [7, 11) is 1.85. The van der Waals surface area contributed by atoms with Gasteiger partial charge in [0.15, 0.2) is 0 Å². The van der Waals surface area contributed by atoms with E-state index in [1.54, 1.807) is 0 Å². The highest BCUT2D eigenvalue weighted by atomic mass is 31.2. The Morgan fingerprint density at radius 3 is 1.15 bits per heavy atom. The zero-order chi connectivity index (χ0) is 45.3. The van der Waals surface area contributed by atoms with Crippen LogP contribution < -0.4 is 0 Å². The Bertz CT molecular complexity index is 1280. The number of unbranched alkanes of at least 4 members (excludes halogenated alkanes) is 30. The van der Waals surface area contributed by atoms with Crippen LogP contribution in [0.2, 0.25) is 0 Å². The van der Waals surface area contributed by atoms with E-state index in [1.807, 2.05) is 21.1 Å². The number of hydrogen-bond donors (Lipinski definition) is 1. The standard InChI is InChI=1S/C54H96NO6P/c1-6-8-10-12-14-16-18-20-22-24-26-28-30-32-34-36-38-40-42-44-46-49-58-52-54(53-61-62(56,57)60-51-48-55(3,4)5)59-50-47-45-43-41-39-37-35-33-31-29-27-25-23-21-19-17-15-13-11-9-7-2/h54H,6-23,32-53H2,1-5H3/p+1/t54-/m0/s1. The first-order valence-corrected chi connectivity index (χ1v) is 27.2. The van der Waals surface area contributed by atoms with Crippen LogP contribution in [0.15, 0.2) is 0 Å². The van der Waals surface area contributed by atoms with Gasteiger partial charge in [0.1, 0.15) is 19.3 Å². The van der Waals surface area contributed by atoms with Gasteiger partial charge < -0.3 is 18.9 Å². The minimum atomic E-state index is -4.17. The molecular weight excluding hydrogens is 790 g/mol. The molecular formula is C54H97NO6P+. The van der Waals surface area contributed by atoms with Crippen molar-refractivity contribution in [3.63, 3.8) is 0 Å². The maximum absolute atomic E-state index is 12.5. The third-order valence-electron chi connectivity index (χ3n) is 10.9. The van der Waals surface area contributed by atoms with Gasteiger partial charge in [-0.15, -0.1) is 0 Å². The Kier molecular flexibility index (Phi) is 45.9. The number of quaternary nitrogens is 1. The van der Waals surface area contributed by atoms with Crippen molar-refractivity contribution in [2.75, 3.05) is 60.7 Å². The fraction of sp³-hybridized carbons (Fsp3) is 0.852. The van der Waals surface area contributed by atoms with E-state index in [1.165, 1.54) is 154 Å². The fourth-order valence-corrected chi connectivity index (χ4v) is 7.62. The van der Waals surface area contributed by atoms with Gasteiger partial charge in [-0.1, -0.05) is 192 Å². The van der Waals surface area contributed by atoms with Crippen LogP contribution in [0.1, 0.15) is 232 Å². The van der Waals surface area contributed by atoms with Gasteiger partial charge in [0, 0.05) is 38.9 Å². The lowest BCUT2D eigenvalue weighted by Gasteiger charge is -2.24. The molecule has 1 N–H and O–H groups in total. The van der Waals surface area contributed by atoms with E-state index in [4.69, 9.17) is 18.5 Å². The summed E-state index contributed by atoms with van der Waals surface area (Å²) in [5.41, 5.74) is 0. The first-order chi connectivity index (χ1) is 30.2. The van der Waals surface area contributed by atoms with E-state index in [9.17, 15) is 9.46 Å². The average Bonchev–Trinajstić information content (AvgIpc) is 3.24. The van der Waals surface area contributed by atoms with Crippen molar-refractivity contribution < 1.29 is 32.5 Å². The molecule has 0 saturated heterocycles. The van der Waals surface area contributed by atoms with Crippen LogP contribution in [0.25, 0.3) is 0 Å². The summed E-state index contributed by atoms with van der Waals surface area (Å²) in [5, 5.41) is 0. The molecule has 0 aliphatic carbocycles. The summed E-state index contributed by atoms with van der Waals surface area (Å²) in [6.07, 6.45) is 40.9. The van der Waals surface area contributed by atoms with Crippen LogP contribution in [-0.2, 0) is 23.1 Å². The Balaban J connectivity index is 4.12. The van der Waals surface area contributed by atoms with Crippen LogP contribution >= 0.6 is 7.82 Å². The van der Waals surface area contributed by atoms with Gasteiger partial charge in [-0.05, 0) is 62.2 Å². The summed E-state index contributed by atoms with van der Waals surface area (Å²) >= 11 is 0. The van der Waals surface area contributed by atoms with Crippen LogP contribution in [0.5, 0.6) is 0 Å². The number of nitrogens with zero attached hydrogens (tertiary/aromatic N) is 1. The second-order valence-electron chi connectivity index (χ2n) is 18.3. The molecule has 0 rings (SSSR count). The molecule has 8 heteroatoms. The number of ether oxygens (including phenoxy) is 2. The predicted octanol–water partition coefficient (Wildman–Crippen LogP) is 14.5. The second-order valence-corrected chi connectivity index (χ2v) is 19.7. The molecule has 358 valence electrons. The van der Waals surface area contributed by atoms with Gasteiger partial charge in [-0.3, -0.25) is 9.05 Å². The third-order valence-corrected chi connectivity index (χ3v) is 11.9. The molecule has 7 nitrogen and oxygen atoms in total. The van der Waals surface area contributed by atoms with Crippen molar-refractivity contribution in [2.24, 2.45) is 0 Å². The summed E-state index contributed by atoms with van der Waals surface area (Å²) in [6.45, 7) is 6.78. The first kappa shape index (κ1) is 60.2. The lowest BCUT2D eigenvalue weighted by Crippen LogP contribution is -2.37. The van der Waals surface area contributed by atoms with Crippen molar-refractivity contribution in [2.45, 2.75) is 238 Å². The summed E-state index contributed by atoms with van der Waals surface area (Å²) in [4.78, 5) is 10.3. The third kappa shape index (κ3) is 50.9. The normalized spacial score (nSPS) is 12.5. The summed E-state index contributed by atoms with van der Waals surface area (Å²) < 4.78 is 35.8. The number of rotatable bonds is 44. The van der Waals surface area contributed by atoms with E-state index < -0.39 is 13.9 Å². The van der Waals surface area contributed by atoms with Gasteiger partial charge in [-0.25, -0.2) is 4.57 Å². The monoisotopic (exact) mass is 887 g/mol. The first-order valence-electron chi connectivity index (χ1n) is 25.7. The Labute approximate surface area is 385 Å². The van der Waals surface area contributed by atoms with Gasteiger partial charge in [0.05, 0.1) is 34.4 Å². The molecule has 0 aromatic heterocycles. The van der Waals surface area contributed by atoms with E-state index in [0.29, 0.717) is 30.8 Å². The highest BCUT2D eigenvalue weighted by Gasteiger charge is 2.25. The Morgan fingerprint density at radius 2 is 0.774 bits per heavy atom. The topological polar surface area (TPSA) is 74.2 Å². The van der Waals surface area contributed by atoms with E-state index in [2.05, 4.69) is 61.2 Å². The maximum atomic E-state index is 12.5. The van der Waals surface area contributed by atoms with Crippen LogP contribution in [0.4, 0.5) is 0 Å². The Hall–Kier alpha value is -1.77. The number of likely N-dealkylation sites (N-methyl/N-ethyl adjacent to an activating group) is 1. The molecule has 1 unspecified atom stereocenters. The number of phosphoric acid groups is 1. The summed E-state index contributed by atoms with van der Waals surface area (Å²) in [6, 6.07) is 0. The van der Waals surface area contributed by atoms with Crippen molar-refractivity contribution in [3.05, 3.63) is 0 Å². The number of phosphoric ester groups is 1. The smallest absolute Gasteiger partial charge is 0.379 e. The van der Waals surface area contributed by atoms with Gasteiger partial charge >= 0.3 is 7.82 Å². The van der Waals surface area contributed by atoms with Gasteiger partial charge in [0.2, 0.25) is 0 Å². The van der Waals surface area contributed by atoms with E-state index >= 15 is 0 Å². The lowest BCUT2D eigenvalue weighted by atomic mass is 10.1. The molecule has 0 aliphatic heterocycles. The zero-order valence-electron chi connectivity index (χ0n) is 41.2. The van der Waals surface area contributed by atoms with E-state index in [0.717, 1.165) is 64.2 Å². The highest BCUT2D eigenvalue weighted by Crippen LogP contribution is 2.43. The molecule has 0 fully saturated rings. The minimum absolute atomic E-state index is 0.0395. The molecule has 0 aromatic rings. The fourth-order valence-electron chi connectivity index (χ4n) is 6.88. The van der Waals surface area contributed by atoms with Crippen LogP contribution in [-0.4, -0.2) is 76.2 Å². The van der Waals surface area contributed by atoms with Gasteiger partial charge in [0.25, 0.3) is 0 Å². The largest absolute Gasteiger partial charge is 0.472 e. The second kappa shape index (κ2) is 47.2. The quantitative estimate of drug-likeness (QED) is 0.0284. The predicted molar refractivity (Wildman–Crippen MR) is 265 cm³/mol. The molecule has 0 aromatic carbocycles. The van der Waals surface area contributed by atoms with Crippen molar-refractivity contribution in [3.8, 4) is 47.4 Å². The number of hydrogen-bond acceptors (Lipinski definition) is 5. The summed E-state index contributed by atoms with van der Waals surface area (Å²) in [5.74, 6) is 25.0. The zero-order valence-corrected chi connectivity index (χ0v) is 42.1. The molecule has 0 heterocycles. The Morgan fingerprint density at radius 1 is 0.435 bits per heavy atom. The van der Waals surface area contributed by atoms with Crippen LogP contribution in [0, 0.1) is 47.4 Å². The molecule has 0 spiro atoms. The molecule has 0 radical (unpaired) electrons. The SMILES string of the molecule is CCCCCCCCCCC#CC#CCCCCCCCCCOC[C@@H](COP(=O)(O)OCC[N+](C)(C)C)OCCCCCCCCCC#CC#CCCCCCCCCCC. The highest BCUT2D eigenvalue weighted by molar-refractivity contribution is 7.47. The van der Waals surface area contributed by atoms with E-state index in [-0.39, 0.29) is 13.2 Å². The molecule has 0 bridgehead atoms. The molecule has 2 atom stereocenters. The average molecular weight is 887 g/mol. The van der Waals surface area contributed by atoms with Crippen molar-refractivity contribution in [1.29, 1.82) is 0 Å². The molecule has 0 amide bonds. The van der Waals surface area contributed by atoms with Gasteiger partial charge in [-0.2, -0.15) is 0 Å². The molecule has 0 aliphatic rings.